The molecule has 0 fully saturated rings. The maximum atomic E-state index is 9.25. The minimum absolute atomic E-state index is 0. The number of rotatable bonds is 6. The number of aromatic nitrogens is 5. The summed E-state index contributed by atoms with van der Waals surface area (Å²) in [4.78, 5) is 0. The molecule has 1 aliphatic carbocycles. The van der Waals surface area contributed by atoms with Gasteiger partial charge in [-0.25, -0.2) is 9.36 Å². The Kier molecular flexibility index (Phi) is 6.75. The van der Waals surface area contributed by atoms with E-state index in [1.165, 1.54) is 11.3 Å². The summed E-state index contributed by atoms with van der Waals surface area (Å²) in [5, 5.41) is 23.2. The molecule has 8 heteroatoms. The van der Waals surface area contributed by atoms with Crippen molar-refractivity contribution in [3.63, 3.8) is 0 Å². The van der Waals surface area contributed by atoms with Gasteiger partial charge in [0.25, 0.3) is 0 Å². The Bertz CT molecular complexity index is 1350. The van der Waals surface area contributed by atoms with Crippen molar-refractivity contribution in [3.05, 3.63) is 76.7 Å². The quantitative estimate of drug-likeness (QED) is 0.410. The number of nitrogens with zero attached hydrogens (tertiary/aromatic N) is 6. The summed E-state index contributed by atoms with van der Waals surface area (Å²) in [5.41, 5.74) is 8.17. The molecule has 7 nitrogen and oxygen atoms in total. The third-order valence-electron chi connectivity index (χ3n) is 6.42. The van der Waals surface area contributed by atoms with Crippen molar-refractivity contribution in [1.82, 2.24) is 24.8 Å². The Morgan fingerprint density at radius 3 is 2.50 bits per heavy atom. The van der Waals surface area contributed by atoms with E-state index in [2.05, 4.69) is 34.9 Å². The van der Waals surface area contributed by atoms with E-state index in [4.69, 9.17) is 9.84 Å². The van der Waals surface area contributed by atoms with Crippen molar-refractivity contribution < 1.29 is 4.74 Å². The fourth-order valence-corrected chi connectivity index (χ4v) is 4.84. The molecular weight excluding hydrogens is 444 g/mol. The van der Waals surface area contributed by atoms with Crippen molar-refractivity contribution in [2.45, 2.75) is 45.6 Å². The predicted octanol–water partition coefficient (Wildman–Crippen LogP) is 4.59. The normalized spacial score (nSPS) is 14.4. The molecule has 0 radical (unpaired) electrons. The molecule has 2 aromatic carbocycles. The highest BCUT2D eigenvalue weighted by molar-refractivity contribution is 7.59. The molecule has 0 N–H and O–H groups in total. The van der Waals surface area contributed by atoms with Gasteiger partial charge in [-0.05, 0) is 43.5 Å². The topological polar surface area (TPSA) is 81.6 Å². The SMILES string of the molecule is CCc1nnn([C@@H]2Cc3nn(-c4ccccc4OC)c(-c4ccc(C#N)cc4)c3C2)c1CC.S. The van der Waals surface area contributed by atoms with Crippen LogP contribution in [0.15, 0.2) is 48.5 Å². The number of nitriles is 1. The van der Waals surface area contributed by atoms with Gasteiger partial charge in [0.2, 0.25) is 0 Å². The summed E-state index contributed by atoms with van der Waals surface area (Å²) in [7, 11) is 1.68. The summed E-state index contributed by atoms with van der Waals surface area (Å²) in [6, 6.07) is 18.0. The van der Waals surface area contributed by atoms with Gasteiger partial charge < -0.3 is 4.74 Å². The van der Waals surface area contributed by atoms with E-state index in [0.29, 0.717) is 5.56 Å². The van der Waals surface area contributed by atoms with Crippen LogP contribution in [0, 0.1) is 11.3 Å². The molecule has 1 atom stereocenters. The van der Waals surface area contributed by atoms with Gasteiger partial charge in [0.1, 0.15) is 11.4 Å². The van der Waals surface area contributed by atoms with E-state index in [1.807, 2.05) is 53.2 Å². The molecule has 0 saturated heterocycles. The van der Waals surface area contributed by atoms with Crippen LogP contribution in [0.1, 0.15) is 48.1 Å². The van der Waals surface area contributed by atoms with Crippen molar-refractivity contribution in [1.29, 1.82) is 5.26 Å². The van der Waals surface area contributed by atoms with Crippen LogP contribution in [0.5, 0.6) is 5.75 Å². The Labute approximate surface area is 206 Å². The number of benzene rings is 2. The molecule has 5 rings (SSSR count). The van der Waals surface area contributed by atoms with E-state index in [0.717, 1.165) is 59.8 Å². The van der Waals surface area contributed by atoms with Crippen molar-refractivity contribution in [2.24, 2.45) is 0 Å². The molecule has 1 aliphatic rings. The van der Waals surface area contributed by atoms with E-state index >= 15 is 0 Å². The molecule has 0 bridgehead atoms. The minimum atomic E-state index is 0. The second-order valence-corrected chi connectivity index (χ2v) is 8.24. The number of hydrogen-bond acceptors (Lipinski definition) is 5. The minimum Gasteiger partial charge on any atom is -0.494 e. The maximum absolute atomic E-state index is 9.25. The highest BCUT2D eigenvalue weighted by atomic mass is 32.1. The highest BCUT2D eigenvalue weighted by Crippen LogP contribution is 2.40. The first kappa shape index (κ1) is 23.6. The van der Waals surface area contributed by atoms with Crippen molar-refractivity contribution >= 4 is 13.5 Å². The largest absolute Gasteiger partial charge is 0.494 e. The summed E-state index contributed by atoms with van der Waals surface area (Å²) < 4.78 is 9.73. The molecule has 0 spiro atoms. The molecule has 174 valence electrons. The van der Waals surface area contributed by atoms with Crippen LogP contribution in [0.25, 0.3) is 16.9 Å². The number of fused-ring (bicyclic) bond motifs is 1. The van der Waals surface area contributed by atoms with Crippen LogP contribution in [0.4, 0.5) is 0 Å². The first-order valence-electron chi connectivity index (χ1n) is 11.4. The number of ether oxygens (including phenoxy) is 1. The number of aryl methyl sites for hydroxylation is 1. The van der Waals surface area contributed by atoms with Gasteiger partial charge in [-0.2, -0.15) is 23.9 Å². The molecule has 0 aliphatic heterocycles. The van der Waals surface area contributed by atoms with Crippen LogP contribution < -0.4 is 4.74 Å². The summed E-state index contributed by atoms with van der Waals surface area (Å²) in [5.74, 6) is 0.766. The van der Waals surface area contributed by atoms with Gasteiger partial charge in [0.15, 0.2) is 0 Å². The van der Waals surface area contributed by atoms with Crippen LogP contribution >= 0.6 is 13.5 Å². The second-order valence-electron chi connectivity index (χ2n) is 8.24. The third-order valence-corrected chi connectivity index (χ3v) is 6.42. The zero-order valence-corrected chi connectivity index (χ0v) is 20.6. The van der Waals surface area contributed by atoms with Crippen LogP contribution in [-0.4, -0.2) is 31.9 Å². The predicted molar refractivity (Wildman–Crippen MR) is 136 cm³/mol. The zero-order chi connectivity index (χ0) is 22.9. The average molecular weight is 473 g/mol. The van der Waals surface area contributed by atoms with Crippen LogP contribution in [-0.2, 0) is 25.7 Å². The lowest BCUT2D eigenvalue weighted by atomic mass is 10.0. The lowest BCUT2D eigenvalue weighted by molar-refractivity contribution is 0.411. The Morgan fingerprint density at radius 2 is 1.82 bits per heavy atom. The standard InChI is InChI=1S/C26H26N6O.H2S/c1-4-21-23(5-2)31(30-28-21)19-14-20-22(15-19)29-32(24-8-6-7-9-25(24)33-3)26(20)18-12-10-17(16-27)11-13-18;/h6-13,19H,4-5,14-15H2,1-3H3;1H2/t19-;/m0./s1. The zero-order valence-electron chi connectivity index (χ0n) is 19.6. The van der Waals surface area contributed by atoms with Gasteiger partial charge in [0.05, 0.1) is 47.6 Å². The smallest absolute Gasteiger partial charge is 0.144 e. The van der Waals surface area contributed by atoms with Crippen LogP contribution in [0.3, 0.4) is 0 Å². The highest BCUT2D eigenvalue weighted by Gasteiger charge is 2.33. The van der Waals surface area contributed by atoms with Gasteiger partial charge in [0, 0.05) is 17.5 Å². The summed E-state index contributed by atoms with van der Waals surface area (Å²) in [6.07, 6.45) is 3.44. The average Bonchev–Trinajstić information content (AvgIpc) is 3.55. The molecular formula is C26H28N6OS. The molecule has 4 aromatic rings. The fraction of sp³-hybridized carbons (Fsp3) is 0.308. The van der Waals surface area contributed by atoms with Gasteiger partial charge in [-0.15, -0.1) is 5.10 Å². The molecule has 0 saturated carbocycles. The van der Waals surface area contributed by atoms with E-state index in [1.54, 1.807) is 7.11 Å². The first-order chi connectivity index (χ1) is 16.2. The monoisotopic (exact) mass is 472 g/mol. The van der Waals surface area contributed by atoms with E-state index < -0.39 is 0 Å². The van der Waals surface area contributed by atoms with Gasteiger partial charge >= 0.3 is 0 Å². The molecule has 0 unspecified atom stereocenters. The summed E-state index contributed by atoms with van der Waals surface area (Å²) in [6.45, 7) is 4.28. The molecule has 2 aromatic heterocycles. The lowest BCUT2D eigenvalue weighted by Crippen LogP contribution is -2.15. The van der Waals surface area contributed by atoms with Crippen LogP contribution in [0.2, 0.25) is 0 Å². The van der Waals surface area contributed by atoms with Gasteiger partial charge in [-0.1, -0.05) is 43.3 Å². The van der Waals surface area contributed by atoms with Gasteiger partial charge in [-0.3, -0.25) is 0 Å². The Hall–Kier alpha value is -3.57. The van der Waals surface area contributed by atoms with Crippen molar-refractivity contribution in [2.75, 3.05) is 7.11 Å². The molecule has 34 heavy (non-hydrogen) atoms. The number of para-hydroxylation sites is 2. The first-order valence-corrected chi connectivity index (χ1v) is 11.4. The molecule has 0 amide bonds. The lowest BCUT2D eigenvalue weighted by Gasteiger charge is -2.16. The fourth-order valence-electron chi connectivity index (χ4n) is 4.84. The third kappa shape index (κ3) is 3.86. The second kappa shape index (κ2) is 9.74. The maximum Gasteiger partial charge on any atom is 0.144 e. The Balaban J connectivity index is 0.00000274. The summed E-state index contributed by atoms with van der Waals surface area (Å²) >= 11 is 0. The Morgan fingerprint density at radius 1 is 1.06 bits per heavy atom. The number of hydrogen-bond donors (Lipinski definition) is 0. The molecule has 2 heterocycles. The van der Waals surface area contributed by atoms with E-state index in [-0.39, 0.29) is 19.5 Å². The van der Waals surface area contributed by atoms with Crippen molar-refractivity contribution in [3.8, 4) is 28.8 Å². The van der Waals surface area contributed by atoms with E-state index in [9.17, 15) is 5.26 Å². The number of methoxy groups -OCH3 is 1.